The van der Waals surface area contributed by atoms with Crippen LogP contribution in [0.1, 0.15) is 35.6 Å². The van der Waals surface area contributed by atoms with Crippen molar-refractivity contribution in [2.45, 2.75) is 37.3 Å². The van der Waals surface area contributed by atoms with Crippen molar-refractivity contribution in [2.75, 3.05) is 13.1 Å². The average molecular weight is 330 g/mol. The summed E-state index contributed by atoms with van der Waals surface area (Å²) in [5, 5.41) is 9.65. The monoisotopic (exact) mass is 330 g/mol. The highest BCUT2D eigenvalue weighted by Crippen LogP contribution is 2.39. The average Bonchev–Trinajstić information content (AvgIpc) is 3.24. The van der Waals surface area contributed by atoms with Gasteiger partial charge in [-0.3, -0.25) is 14.4 Å². The topological polar surface area (TPSA) is 50.2 Å². The van der Waals surface area contributed by atoms with Crippen LogP contribution in [0.3, 0.4) is 0 Å². The first-order chi connectivity index (χ1) is 11.1. The van der Waals surface area contributed by atoms with Crippen LogP contribution in [0.15, 0.2) is 29.9 Å². The van der Waals surface area contributed by atoms with Crippen LogP contribution in [0, 0.1) is 0 Å². The second-order valence-corrected chi connectivity index (χ2v) is 7.86. The van der Waals surface area contributed by atoms with Crippen molar-refractivity contribution >= 4 is 17.2 Å². The quantitative estimate of drug-likeness (QED) is 0.938. The SMILES string of the molecule is Cn1cc(C2CC3(CCN(Cc4cccs4)CC3)NC2=O)cn1. The van der Waals surface area contributed by atoms with Crippen molar-refractivity contribution in [1.29, 1.82) is 0 Å². The lowest BCUT2D eigenvalue weighted by Crippen LogP contribution is -2.50. The molecule has 1 N–H and O–H groups in total. The van der Waals surface area contributed by atoms with E-state index in [2.05, 4.69) is 32.8 Å². The van der Waals surface area contributed by atoms with E-state index < -0.39 is 0 Å². The fourth-order valence-electron chi connectivity index (χ4n) is 3.86. The third-order valence-electron chi connectivity index (χ3n) is 5.20. The van der Waals surface area contributed by atoms with Gasteiger partial charge >= 0.3 is 0 Å². The van der Waals surface area contributed by atoms with E-state index in [0.717, 1.165) is 44.5 Å². The lowest BCUT2D eigenvalue weighted by Gasteiger charge is -2.39. The molecule has 4 heterocycles. The summed E-state index contributed by atoms with van der Waals surface area (Å²) in [5.74, 6) is 0.136. The lowest BCUT2D eigenvalue weighted by molar-refractivity contribution is -0.121. The fourth-order valence-corrected chi connectivity index (χ4v) is 4.61. The van der Waals surface area contributed by atoms with E-state index in [1.54, 1.807) is 4.68 Å². The summed E-state index contributed by atoms with van der Waals surface area (Å²) >= 11 is 1.82. The largest absolute Gasteiger partial charge is 0.350 e. The molecular weight excluding hydrogens is 308 g/mol. The van der Waals surface area contributed by atoms with Gasteiger partial charge in [-0.25, -0.2) is 0 Å². The summed E-state index contributed by atoms with van der Waals surface area (Å²) in [6.07, 6.45) is 6.79. The zero-order chi connectivity index (χ0) is 15.9. The van der Waals surface area contributed by atoms with Gasteiger partial charge in [0.15, 0.2) is 0 Å². The molecule has 0 saturated carbocycles. The third kappa shape index (κ3) is 2.93. The summed E-state index contributed by atoms with van der Waals surface area (Å²) in [5.41, 5.74) is 1.03. The number of amides is 1. The molecule has 6 heteroatoms. The predicted molar refractivity (Wildman–Crippen MR) is 90.3 cm³/mol. The highest BCUT2D eigenvalue weighted by atomic mass is 32.1. The second kappa shape index (κ2) is 5.76. The molecule has 5 nitrogen and oxygen atoms in total. The van der Waals surface area contributed by atoms with Crippen LogP contribution in [0.2, 0.25) is 0 Å². The number of hydrogen-bond donors (Lipinski definition) is 1. The normalized spacial score (nSPS) is 24.2. The van der Waals surface area contributed by atoms with E-state index in [1.807, 2.05) is 30.8 Å². The second-order valence-electron chi connectivity index (χ2n) is 6.83. The first-order valence-electron chi connectivity index (χ1n) is 8.19. The van der Waals surface area contributed by atoms with Gasteiger partial charge in [0.05, 0.1) is 12.1 Å². The molecule has 122 valence electrons. The van der Waals surface area contributed by atoms with Crippen molar-refractivity contribution in [2.24, 2.45) is 7.05 Å². The van der Waals surface area contributed by atoms with E-state index in [9.17, 15) is 4.79 Å². The highest BCUT2D eigenvalue weighted by molar-refractivity contribution is 7.09. The Bertz CT molecular complexity index is 685. The maximum atomic E-state index is 12.4. The molecule has 1 spiro atoms. The van der Waals surface area contributed by atoms with Crippen molar-refractivity contribution in [1.82, 2.24) is 20.0 Å². The number of likely N-dealkylation sites (tertiary alicyclic amines) is 1. The molecule has 2 saturated heterocycles. The maximum absolute atomic E-state index is 12.4. The standard InChI is InChI=1S/C17H22N4OS/c1-20-11-13(10-18-20)15-9-17(19-16(15)22)4-6-21(7-5-17)12-14-3-2-8-23-14/h2-3,8,10-11,15H,4-7,9,12H2,1H3,(H,19,22). The van der Waals surface area contributed by atoms with E-state index in [4.69, 9.17) is 0 Å². The van der Waals surface area contributed by atoms with Crippen LogP contribution in [0.4, 0.5) is 0 Å². The molecule has 2 aromatic heterocycles. The van der Waals surface area contributed by atoms with E-state index in [-0.39, 0.29) is 17.4 Å². The molecule has 0 aromatic carbocycles. The van der Waals surface area contributed by atoms with Gasteiger partial charge in [-0.1, -0.05) is 6.07 Å². The van der Waals surface area contributed by atoms with Crippen molar-refractivity contribution in [3.05, 3.63) is 40.3 Å². The Morgan fingerprint density at radius 1 is 1.43 bits per heavy atom. The third-order valence-corrected chi connectivity index (χ3v) is 6.06. The molecule has 1 atom stereocenters. The van der Waals surface area contributed by atoms with Gasteiger partial charge in [-0.2, -0.15) is 5.10 Å². The number of carbonyl (C=O) groups is 1. The van der Waals surface area contributed by atoms with Gasteiger partial charge in [0, 0.05) is 48.9 Å². The Morgan fingerprint density at radius 3 is 2.91 bits per heavy atom. The van der Waals surface area contributed by atoms with Crippen LogP contribution < -0.4 is 5.32 Å². The molecule has 2 fully saturated rings. The summed E-state index contributed by atoms with van der Waals surface area (Å²) in [7, 11) is 1.90. The summed E-state index contributed by atoms with van der Waals surface area (Å²) < 4.78 is 1.78. The van der Waals surface area contributed by atoms with Gasteiger partial charge in [0.25, 0.3) is 0 Å². The lowest BCUT2D eigenvalue weighted by atomic mass is 9.82. The number of thiophene rings is 1. The van der Waals surface area contributed by atoms with Crippen molar-refractivity contribution < 1.29 is 4.79 Å². The Hall–Kier alpha value is -1.66. The molecule has 23 heavy (non-hydrogen) atoms. The van der Waals surface area contributed by atoms with Gasteiger partial charge in [-0.05, 0) is 30.7 Å². The minimum atomic E-state index is -0.0347. The number of piperidine rings is 1. The number of nitrogens with zero attached hydrogens (tertiary/aromatic N) is 3. The minimum absolute atomic E-state index is 0.0104. The van der Waals surface area contributed by atoms with Gasteiger partial charge in [0.2, 0.25) is 5.91 Å². The molecule has 0 aliphatic carbocycles. The van der Waals surface area contributed by atoms with Crippen molar-refractivity contribution in [3.63, 3.8) is 0 Å². The Kier molecular flexibility index (Phi) is 3.73. The zero-order valence-electron chi connectivity index (χ0n) is 13.4. The molecular formula is C17H22N4OS. The maximum Gasteiger partial charge on any atom is 0.228 e. The number of hydrogen-bond acceptors (Lipinski definition) is 4. The fraction of sp³-hybridized carbons (Fsp3) is 0.529. The Balaban J connectivity index is 1.40. The number of aromatic nitrogens is 2. The van der Waals surface area contributed by atoms with Crippen molar-refractivity contribution in [3.8, 4) is 0 Å². The van der Waals surface area contributed by atoms with Crippen LogP contribution in [-0.2, 0) is 18.4 Å². The first kappa shape index (κ1) is 14.9. The van der Waals surface area contributed by atoms with E-state index in [0.29, 0.717) is 0 Å². The van der Waals surface area contributed by atoms with Crippen LogP contribution in [0.25, 0.3) is 0 Å². The number of aryl methyl sites for hydroxylation is 1. The molecule has 2 aliphatic heterocycles. The highest BCUT2D eigenvalue weighted by Gasteiger charge is 2.46. The zero-order valence-corrected chi connectivity index (χ0v) is 14.2. The summed E-state index contributed by atoms with van der Waals surface area (Å²) in [4.78, 5) is 16.4. The smallest absolute Gasteiger partial charge is 0.228 e. The summed E-state index contributed by atoms with van der Waals surface area (Å²) in [6.45, 7) is 3.14. The molecule has 4 rings (SSSR count). The van der Waals surface area contributed by atoms with Crippen LogP contribution >= 0.6 is 11.3 Å². The summed E-state index contributed by atoms with van der Waals surface area (Å²) in [6, 6.07) is 4.31. The Morgan fingerprint density at radius 2 is 2.26 bits per heavy atom. The van der Waals surface area contributed by atoms with Gasteiger partial charge in [-0.15, -0.1) is 11.3 Å². The van der Waals surface area contributed by atoms with Gasteiger partial charge < -0.3 is 5.32 Å². The Labute approximate surface area is 140 Å². The molecule has 2 aromatic rings. The molecule has 2 aliphatic rings. The predicted octanol–water partition coefficient (Wildman–Crippen LogP) is 2.12. The molecule has 1 unspecified atom stereocenters. The van der Waals surface area contributed by atoms with Gasteiger partial charge in [0.1, 0.15) is 0 Å². The first-order valence-corrected chi connectivity index (χ1v) is 9.07. The molecule has 0 radical (unpaired) electrons. The number of nitrogens with one attached hydrogen (secondary N) is 1. The minimum Gasteiger partial charge on any atom is -0.350 e. The molecule has 1 amide bonds. The van der Waals surface area contributed by atoms with E-state index in [1.165, 1.54) is 4.88 Å². The van der Waals surface area contributed by atoms with Crippen LogP contribution in [-0.4, -0.2) is 39.2 Å². The van der Waals surface area contributed by atoms with E-state index >= 15 is 0 Å². The molecule has 0 bridgehead atoms. The number of carbonyl (C=O) groups excluding carboxylic acids is 1. The van der Waals surface area contributed by atoms with Crippen LogP contribution in [0.5, 0.6) is 0 Å². The number of rotatable bonds is 3.